The maximum atomic E-state index is 14.9. The first-order valence-electron chi connectivity index (χ1n) is 10.5. The second-order valence-electron chi connectivity index (χ2n) is 7.85. The maximum absolute atomic E-state index is 14.9. The van der Waals surface area contributed by atoms with E-state index >= 15 is 0 Å². The van der Waals surface area contributed by atoms with Gasteiger partial charge in [-0.25, -0.2) is 15.0 Å². The van der Waals surface area contributed by atoms with Crippen molar-refractivity contribution in [1.29, 1.82) is 0 Å². The Bertz CT molecular complexity index is 1300. The van der Waals surface area contributed by atoms with Crippen LogP contribution in [0.25, 0.3) is 11.0 Å². The van der Waals surface area contributed by atoms with E-state index in [1.165, 1.54) is 12.4 Å². The lowest BCUT2D eigenvalue weighted by Crippen LogP contribution is -2.21. The van der Waals surface area contributed by atoms with Crippen LogP contribution in [0.2, 0.25) is 0 Å². The van der Waals surface area contributed by atoms with E-state index in [1.54, 1.807) is 18.5 Å². The molecule has 8 nitrogen and oxygen atoms in total. The Morgan fingerprint density at radius 3 is 2.72 bits per heavy atom. The lowest BCUT2D eigenvalue weighted by Gasteiger charge is -2.18. The number of aromatic nitrogens is 5. The summed E-state index contributed by atoms with van der Waals surface area (Å²) in [6, 6.07) is 7.16. The predicted octanol–water partition coefficient (Wildman–Crippen LogP) is 4.02. The van der Waals surface area contributed by atoms with Crippen molar-refractivity contribution in [3.8, 4) is 0 Å². The van der Waals surface area contributed by atoms with Crippen molar-refractivity contribution in [3.63, 3.8) is 0 Å². The molecule has 0 amide bonds. The van der Waals surface area contributed by atoms with Crippen LogP contribution in [0.4, 0.5) is 21.7 Å². The van der Waals surface area contributed by atoms with Crippen LogP contribution >= 0.6 is 0 Å². The van der Waals surface area contributed by atoms with Crippen LogP contribution in [-0.2, 0) is 6.42 Å². The van der Waals surface area contributed by atoms with E-state index in [9.17, 15) is 9.18 Å². The molecule has 2 N–H and O–H groups in total. The molecule has 162 valence electrons. The Labute approximate surface area is 184 Å². The van der Waals surface area contributed by atoms with Crippen molar-refractivity contribution in [3.05, 3.63) is 65.8 Å². The van der Waals surface area contributed by atoms with Crippen LogP contribution in [0, 0.1) is 5.95 Å². The molecule has 1 saturated carbocycles. The molecular formula is C23H22FN7O. The van der Waals surface area contributed by atoms with Crippen LogP contribution in [-0.4, -0.2) is 43.8 Å². The number of rotatable bonds is 7. The first kappa shape index (κ1) is 20.0. The van der Waals surface area contributed by atoms with Gasteiger partial charge in [-0.1, -0.05) is 6.92 Å². The van der Waals surface area contributed by atoms with Gasteiger partial charge in [-0.3, -0.25) is 9.78 Å². The number of ketones is 1. The first-order valence-corrected chi connectivity index (χ1v) is 10.5. The Balaban J connectivity index is 1.45. The molecule has 9 heteroatoms. The van der Waals surface area contributed by atoms with Gasteiger partial charge in [0.25, 0.3) is 0 Å². The second kappa shape index (κ2) is 7.99. The van der Waals surface area contributed by atoms with Gasteiger partial charge in [0.15, 0.2) is 5.78 Å². The average molecular weight is 431 g/mol. The average Bonchev–Trinajstić information content (AvgIpc) is 3.57. The second-order valence-corrected chi connectivity index (χ2v) is 7.85. The van der Waals surface area contributed by atoms with Gasteiger partial charge in [0, 0.05) is 25.0 Å². The van der Waals surface area contributed by atoms with Crippen molar-refractivity contribution in [2.75, 3.05) is 17.3 Å². The number of carbonyl (C=O) groups is 1. The number of halogens is 1. The molecule has 4 aromatic heterocycles. The number of hydrogen-bond donors (Lipinski definition) is 2. The molecule has 0 aromatic carbocycles. The number of hydrogen-bond acceptors (Lipinski definition) is 7. The summed E-state index contributed by atoms with van der Waals surface area (Å²) in [5, 5.41) is 3.61. The first-order chi connectivity index (χ1) is 15.5. The van der Waals surface area contributed by atoms with Gasteiger partial charge in [-0.15, -0.1) is 0 Å². The minimum Gasteiger partial charge on any atom is -0.356 e. The quantitative estimate of drug-likeness (QED) is 0.337. The van der Waals surface area contributed by atoms with Gasteiger partial charge >= 0.3 is 0 Å². The summed E-state index contributed by atoms with van der Waals surface area (Å²) < 4.78 is 14.9. The smallest absolute Gasteiger partial charge is 0.226 e. The Hall–Kier alpha value is -3.88. The standard InChI is InChI=1S/C23H22FN7O/c1-3-13-4-5-14(10-25-13)29-18-9-8-16(21(24)30-18)20(32)17-11-26-22-19(17)23(28-12-27-22)31(2)15-6-7-15/h4-5,8-12,15H,3,6-7H2,1-2H3,(H,29,30)(H,26,27,28). The number of aryl methyl sites for hydroxylation is 1. The van der Waals surface area contributed by atoms with Gasteiger partial charge in [0.2, 0.25) is 5.95 Å². The molecule has 0 bridgehead atoms. The number of nitrogens with zero attached hydrogens (tertiary/aromatic N) is 5. The molecule has 0 saturated heterocycles. The molecule has 5 rings (SSSR count). The lowest BCUT2D eigenvalue weighted by molar-refractivity contribution is 0.103. The normalized spacial score (nSPS) is 13.3. The molecule has 0 unspecified atom stereocenters. The van der Waals surface area contributed by atoms with E-state index in [0.717, 1.165) is 25.0 Å². The van der Waals surface area contributed by atoms with Crippen molar-refractivity contribution in [2.45, 2.75) is 32.2 Å². The third kappa shape index (κ3) is 3.66. The van der Waals surface area contributed by atoms with Gasteiger partial charge < -0.3 is 15.2 Å². The van der Waals surface area contributed by atoms with Crippen LogP contribution in [0.5, 0.6) is 0 Å². The van der Waals surface area contributed by atoms with Crippen LogP contribution in [0.15, 0.2) is 43.0 Å². The molecule has 4 heterocycles. The highest BCUT2D eigenvalue weighted by molar-refractivity contribution is 6.18. The molecule has 32 heavy (non-hydrogen) atoms. The van der Waals surface area contributed by atoms with Crippen molar-refractivity contribution in [1.82, 2.24) is 24.9 Å². The highest BCUT2D eigenvalue weighted by Crippen LogP contribution is 2.34. The number of H-pyrrole nitrogens is 1. The predicted molar refractivity (Wildman–Crippen MR) is 120 cm³/mol. The third-order valence-corrected chi connectivity index (χ3v) is 5.68. The lowest BCUT2D eigenvalue weighted by atomic mass is 10.0. The third-order valence-electron chi connectivity index (χ3n) is 5.68. The summed E-state index contributed by atoms with van der Waals surface area (Å²) >= 11 is 0. The van der Waals surface area contributed by atoms with Gasteiger partial charge in [0.1, 0.15) is 23.6 Å². The van der Waals surface area contributed by atoms with E-state index in [-0.39, 0.29) is 5.56 Å². The van der Waals surface area contributed by atoms with E-state index in [2.05, 4.69) is 30.2 Å². The molecule has 0 radical (unpaired) electrons. The molecule has 0 spiro atoms. The highest BCUT2D eigenvalue weighted by atomic mass is 19.1. The molecule has 0 atom stereocenters. The molecule has 4 aromatic rings. The number of pyridine rings is 2. The Morgan fingerprint density at radius 1 is 1.19 bits per heavy atom. The zero-order valence-corrected chi connectivity index (χ0v) is 17.8. The number of carbonyl (C=O) groups excluding carboxylic acids is 1. The monoisotopic (exact) mass is 431 g/mol. The molecule has 1 aliphatic carbocycles. The molecule has 1 aliphatic rings. The van der Waals surface area contributed by atoms with Gasteiger partial charge in [0.05, 0.1) is 28.4 Å². The summed E-state index contributed by atoms with van der Waals surface area (Å²) in [5.74, 6) is -0.359. The summed E-state index contributed by atoms with van der Waals surface area (Å²) in [6.07, 6.45) is 7.69. The maximum Gasteiger partial charge on any atom is 0.226 e. The summed E-state index contributed by atoms with van der Waals surface area (Å²) in [4.78, 5) is 35.2. The molecule has 1 fully saturated rings. The highest BCUT2D eigenvalue weighted by Gasteiger charge is 2.30. The summed E-state index contributed by atoms with van der Waals surface area (Å²) in [7, 11) is 1.95. The van der Waals surface area contributed by atoms with Crippen molar-refractivity contribution in [2.24, 2.45) is 0 Å². The Kier molecular flexibility index (Phi) is 5.01. The van der Waals surface area contributed by atoms with Gasteiger partial charge in [-0.05, 0) is 43.5 Å². The fourth-order valence-electron chi connectivity index (χ4n) is 3.70. The largest absolute Gasteiger partial charge is 0.356 e. The van der Waals surface area contributed by atoms with E-state index < -0.39 is 11.7 Å². The van der Waals surface area contributed by atoms with Crippen LogP contribution in [0.1, 0.15) is 41.4 Å². The zero-order valence-electron chi connectivity index (χ0n) is 17.8. The van der Waals surface area contributed by atoms with Crippen LogP contribution < -0.4 is 10.2 Å². The van der Waals surface area contributed by atoms with E-state index in [1.807, 2.05) is 31.0 Å². The fraction of sp³-hybridized carbons (Fsp3) is 0.261. The van der Waals surface area contributed by atoms with Crippen molar-refractivity contribution < 1.29 is 9.18 Å². The van der Waals surface area contributed by atoms with Crippen molar-refractivity contribution >= 4 is 34.1 Å². The fourth-order valence-corrected chi connectivity index (χ4v) is 3.70. The number of fused-ring (bicyclic) bond motifs is 1. The summed E-state index contributed by atoms with van der Waals surface area (Å²) in [6.45, 7) is 2.02. The van der Waals surface area contributed by atoms with Gasteiger partial charge in [-0.2, -0.15) is 4.39 Å². The number of anilines is 3. The van der Waals surface area contributed by atoms with E-state index in [4.69, 9.17) is 0 Å². The SMILES string of the molecule is CCc1ccc(Nc2ccc(C(=O)c3c[nH]c4ncnc(N(C)C5CC5)c34)c(F)n2)cn1. The minimum atomic E-state index is -0.846. The Morgan fingerprint density at radius 2 is 2.03 bits per heavy atom. The zero-order chi connectivity index (χ0) is 22.2. The number of aromatic amines is 1. The molecule has 0 aliphatic heterocycles. The topological polar surface area (TPSA) is 99.7 Å². The van der Waals surface area contributed by atoms with Crippen LogP contribution in [0.3, 0.4) is 0 Å². The van der Waals surface area contributed by atoms with E-state index in [0.29, 0.717) is 40.0 Å². The summed E-state index contributed by atoms with van der Waals surface area (Å²) in [5.41, 5.74) is 2.41. The molecular weight excluding hydrogens is 409 g/mol. The number of nitrogens with one attached hydrogen (secondary N) is 2. The minimum absolute atomic E-state index is 0.111.